The second kappa shape index (κ2) is 8.65. The largest absolute Gasteiger partial charge is 0.497 e. The summed E-state index contributed by atoms with van der Waals surface area (Å²) < 4.78 is 10.9. The Kier molecular flexibility index (Phi) is 5.92. The van der Waals surface area contributed by atoms with E-state index in [1.54, 1.807) is 7.11 Å². The number of ketones is 1. The first-order chi connectivity index (χ1) is 15.3. The summed E-state index contributed by atoms with van der Waals surface area (Å²) in [5.74, 6) is -0.00807. The van der Waals surface area contributed by atoms with E-state index in [1.165, 1.54) is 0 Å². The highest BCUT2D eigenvalue weighted by Crippen LogP contribution is 2.46. The molecule has 1 N–H and O–H groups in total. The number of hydrogen-bond donors (Lipinski definition) is 1. The molecule has 5 nitrogen and oxygen atoms in total. The molecule has 0 saturated heterocycles. The summed E-state index contributed by atoms with van der Waals surface area (Å²) in [6, 6.07) is 17.2. The molecule has 0 saturated carbocycles. The molecule has 0 spiro atoms. The van der Waals surface area contributed by atoms with Crippen LogP contribution in [-0.4, -0.2) is 18.9 Å². The third kappa shape index (κ3) is 4.33. The number of dihydropyridines is 1. The first-order valence-electron chi connectivity index (χ1n) is 10.9. The van der Waals surface area contributed by atoms with Crippen LogP contribution in [0.25, 0.3) is 0 Å². The summed E-state index contributed by atoms with van der Waals surface area (Å²) in [5, 5.41) is 3.37. The molecule has 0 amide bonds. The molecule has 5 heteroatoms. The fourth-order valence-electron chi connectivity index (χ4n) is 4.63. The van der Waals surface area contributed by atoms with Gasteiger partial charge in [0.1, 0.15) is 12.4 Å². The molecule has 1 atom stereocenters. The van der Waals surface area contributed by atoms with E-state index in [1.807, 2.05) is 61.5 Å². The summed E-state index contributed by atoms with van der Waals surface area (Å²) in [7, 11) is 1.61. The molecular weight excluding hydrogens is 402 g/mol. The van der Waals surface area contributed by atoms with Gasteiger partial charge in [0, 0.05) is 29.3 Å². The average molecular weight is 432 g/mol. The van der Waals surface area contributed by atoms with E-state index in [-0.39, 0.29) is 17.8 Å². The van der Waals surface area contributed by atoms with Gasteiger partial charge in [0.25, 0.3) is 0 Å². The minimum absolute atomic E-state index is 0.0885. The van der Waals surface area contributed by atoms with Crippen molar-refractivity contribution in [2.45, 2.75) is 46.1 Å². The summed E-state index contributed by atoms with van der Waals surface area (Å²) in [5.41, 5.74) is 4.52. The number of methoxy groups -OCH3 is 1. The smallest absolute Gasteiger partial charge is 0.337 e. The van der Waals surface area contributed by atoms with Gasteiger partial charge in [-0.05, 0) is 42.0 Å². The molecule has 0 bridgehead atoms. The minimum Gasteiger partial charge on any atom is -0.497 e. The van der Waals surface area contributed by atoms with Gasteiger partial charge >= 0.3 is 5.97 Å². The highest BCUT2D eigenvalue weighted by Gasteiger charge is 2.43. The second-order valence-electron chi connectivity index (χ2n) is 9.26. The van der Waals surface area contributed by atoms with Crippen LogP contribution in [0.2, 0.25) is 0 Å². The lowest BCUT2D eigenvalue weighted by molar-refractivity contribution is -0.140. The molecular formula is C27H29NO4. The Hall–Kier alpha value is -3.34. The second-order valence-corrected chi connectivity index (χ2v) is 9.26. The normalized spacial score (nSPS) is 19.9. The molecule has 4 rings (SSSR count). The van der Waals surface area contributed by atoms with E-state index in [0.29, 0.717) is 17.6 Å². The Bertz CT molecular complexity index is 1090. The number of carbonyl (C=O) groups is 2. The zero-order valence-electron chi connectivity index (χ0n) is 19.0. The molecule has 2 aliphatic rings. The van der Waals surface area contributed by atoms with Crippen LogP contribution < -0.4 is 10.1 Å². The van der Waals surface area contributed by atoms with Crippen molar-refractivity contribution < 1.29 is 19.1 Å². The third-order valence-corrected chi connectivity index (χ3v) is 6.12. The SMILES string of the molecule is COc1ccc(COC(=O)C2=C(C)NC3=C(C(=O)CC(C)(C)C3)[C@H]2c2ccccc2)cc1. The number of carbonyl (C=O) groups excluding carboxylic acids is 2. The van der Waals surface area contributed by atoms with Crippen LogP contribution in [0, 0.1) is 5.41 Å². The molecule has 2 aromatic carbocycles. The number of rotatable bonds is 5. The summed E-state index contributed by atoms with van der Waals surface area (Å²) in [6.07, 6.45) is 1.23. The maximum atomic E-state index is 13.3. The minimum atomic E-state index is -0.431. The molecule has 1 aliphatic carbocycles. The lowest BCUT2D eigenvalue weighted by atomic mass is 9.68. The van der Waals surface area contributed by atoms with Gasteiger partial charge in [-0.2, -0.15) is 0 Å². The molecule has 0 fully saturated rings. The standard InChI is InChI=1S/C27H29NO4/c1-17-23(26(30)32-16-18-10-12-20(31-4)13-11-18)24(19-8-6-5-7-9-19)25-21(28-17)14-27(2,3)15-22(25)29/h5-13,24,28H,14-16H2,1-4H3/t24-/m0/s1. The van der Waals surface area contributed by atoms with Crippen LogP contribution in [0.1, 0.15) is 50.7 Å². The number of hydrogen-bond acceptors (Lipinski definition) is 5. The maximum Gasteiger partial charge on any atom is 0.337 e. The van der Waals surface area contributed by atoms with Gasteiger partial charge in [-0.15, -0.1) is 0 Å². The first kappa shape index (κ1) is 21.9. The van der Waals surface area contributed by atoms with Crippen molar-refractivity contribution in [3.63, 3.8) is 0 Å². The fourth-order valence-corrected chi connectivity index (χ4v) is 4.63. The van der Waals surface area contributed by atoms with Crippen molar-refractivity contribution in [1.29, 1.82) is 0 Å². The first-order valence-corrected chi connectivity index (χ1v) is 10.9. The van der Waals surface area contributed by atoms with Gasteiger partial charge in [-0.3, -0.25) is 4.79 Å². The molecule has 0 radical (unpaired) electrons. The van der Waals surface area contributed by atoms with Crippen LogP contribution in [-0.2, 0) is 20.9 Å². The number of Topliss-reactive ketones (excluding diaryl/α,β-unsaturated/α-hetero) is 1. The number of allylic oxidation sites excluding steroid dienone is 3. The molecule has 1 heterocycles. The zero-order valence-corrected chi connectivity index (χ0v) is 19.0. The van der Waals surface area contributed by atoms with Gasteiger partial charge in [0.05, 0.1) is 12.7 Å². The van der Waals surface area contributed by atoms with E-state index in [4.69, 9.17) is 9.47 Å². The van der Waals surface area contributed by atoms with Crippen molar-refractivity contribution in [1.82, 2.24) is 5.32 Å². The van der Waals surface area contributed by atoms with Crippen molar-refractivity contribution in [3.8, 4) is 5.75 Å². The van der Waals surface area contributed by atoms with E-state index < -0.39 is 11.9 Å². The van der Waals surface area contributed by atoms with E-state index in [2.05, 4.69) is 19.2 Å². The highest BCUT2D eigenvalue weighted by atomic mass is 16.5. The number of ether oxygens (including phenoxy) is 2. The molecule has 0 aromatic heterocycles. The molecule has 2 aromatic rings. The topological polar surface area (TPSA) is 64.6 Å². The Balaban J connectivity index is 1.66. The van der Waals surface area contributed by atoms with Crippen LogP contribution in [0.4, 0.5) is 0 Å². The van der Waals surface area contributed by atoms with Gasteiger partial charge in [0.2, 0.25) is 0 Å². The van der Waals surface area contributed by atoms with Crippen LogP contribution in [0.3, 0.4) is 0 Å². The lowest BCUT2D eigenvalue weighted by Gasteiger charge is -2.39. The monoisotopic (exact) mass is 431 g/mol. The summed E-state index contributed by atoms with van der Waals surface area (Å²) in [4.78, 5) is 26.6. The quantitative estimate of drug-likeness (QED) is 0.672. The highest BCUT2D eigenvalue weighted by molar-refractivity contribution is 6.04. The van der Waals surface area contributed by atoms with Gasteiger partial charge in [-0.25, -0.2) is 4.79 Å². The Morgan fingerprint density at radius 1 is 1.06 bits per heavy atom. The van der Waals surface area contributed by atoms with Crippen molar-refractivity contribution in [2.24, 2.45) is 5.41 Å². The Labute approximate surface area is 189 Å². The van der Waals surface area contributed by atoms with E-state index in [0.717, 1.165) is 34.7 Å². The number of benzene rings is 2. The predicted octanol–water partition coefficient (Wildman–Crippen LogP) is 5.04. The van der Waals surface area contributed by atoms with Gasteiger partial charge in [-0.1, -0.05) is 56.3 Å². The Morgan fingerprint density at radius 3 is 2.41 bits per heavy atom. The number of nitrogens with one attached hydrogen (secondary N) is 1. The fraction of sp³-hybridized carbons (Fsp3) is 0.333. The average Bonchev–Trinajstić information content (AvgIpc) is 2.76. The summed E-state index contributed by atoms with van der Waals surface area (Å²) >= 11 is 0. The molecule has 32 heavy (non-hydrogen) atoms. The lowest BCUT2D eigenvalue weighted by Crippen LogP contribution is -2.38. The van der Waals surface area contributed by atoms with E-state index in [9.17, 15) is 9.59 Å². The molecule has 166 valence electrons. The molecule has 1 aliphatic heterocycles. The predicted molar refractivity (Wildman–Crippen MR) is 123 cm³/mol. The van der Waals surface area contributed by atoms with Crippen LogP contribution in [0.5, 0.6) is 5.75 Å². The van der Waals surface area contributed by atoms with Gasteiger partial charge in [0.15, 0.2) is 5.78 Å². The van der Waals surface area contributed by atoms with E-state index >= 15 is 0 Å². The molecule has 0 unspecified atom stereocenters. The van der Waals surface area contributed by atoms with Crippen LogP contribution in [0.15, 0.2) is 77.1 Å². The number of esters is 1. The Morgan fingerprint density at radius 2 is 1.75 bits per heavy atom. The van der Waals surface area contributed by atoms with Crippen LogP contribution >= 0.6 is 0 Å². The van der Waals surface area contributed by atoms with Crippen molar-refractivity contribution >= 4 is 11.8 Å². The van der Waals surface area contributed by atoms with Crippen molar-refractivity contribution in [2.75, 3.05) is 7.11 Å². The van der Waals surface area contributed by atoms with Crippen molar-refractivity contribution in [3.05, 3.63) is 88.3 Å². The van der Waals surface area contributed by atoms with Gasteiger partial charge < -0.3 is 14.8 Å². The third-order valence-electron chi connectivity index (χ3n) is 6.12. The zero-order chi connectivity index (χ0) is 22.9. The maximum absolute atomic E-state index is 13.3. The summed E-state index contributed by atoms with van der Waals surface area (Å²) in [6.45, 7) is 6.24.